The Morgan fingerprint density at radius 3 is 2.58 bits per heavy atom. The molecular formula is C24H35N3O4. The third kappa shape index (κ3) is 4.97. The Balaban J connectivity index is 1.37. The second-order valence-electron chi connectivity index (χ2n) is 9.08. The van der Waals surface area contributed by atoms with Crippen molar-refractivity contribution in [2.24, 2.45) is 0 Å². The molecule has 2 N–H and O–H groups in total. The van der Waals surface area contributed by atoms with Gasteiger partial charge in [0.2, 0.25) is 18.6 Å². The molecule has 1 saturated carbocycles. The molecular weight excluding hydrogens is 394 g/mol. The first-order valence-corrected chi connectivity index (χ1v) is 11.8. The standard InChI is InChI=1S/C24H35N3O4/c1-2-12-25-22(28)16-27-13-8-19(9-14-27)26-23(29)24(10-4-3-5-11-24)18-6-7-20-21(15-18)31-17-30-20/h6-7,15,19H,2-5,8-14,16-17H2,1H3,(H,25,28)(H,26,29). The van der Waals surface area contributed by atoms with Gasteiger partial charge in [0.25, 0.3) is 0 Å². The van der Waals surface area contributed by atoms with Gasteiger partial charge in [0, 0.05) is 25.7 Å². The average Bonchev–Trinajstić information content (AvgIpc) is 3.27. The van der Waals surface area contributed by atoms with E-state index in [1.165, 1.54) is 6.42 Å². The van der Waals surface area contributed by atoms with Crippen LogP contribution in [0.3, 0.4) is 0 Å². The number of carbonyl (C=O) groups excluding carboxylic acids is 2. The fourth-order valence-corrected chi connectivity index (χ4v) is 5.08. The lowest BCUT2D eigenvalue weighted by molar-refractivity contribution is -0.129. The van der Waals surface area contributed by atoms with Crippen LogP contribution in [0.25, 0.3) is 0 Å². The molecule has 2 heterocycles. The van der Waals surface area contributed by atoms with Crippen molar-refractivity contribution in [2.45, 2.75) is 69.7 Å². The summed E-state index contributed by atoms with van der Waals surface area (Å²) < 4.78 is 11.0. The highest BCUT2D eigenvalue weighted by molar-refractivity contribution is 5.89. The van der Waals surface area contributed by atoms with E-state index in [2.05, 4.69) is 22.5 Å². The highest BCUT2D eigenvalue weighted by Gasteiger charge is 2.42. The van der Waals surface area contributed by atoms with Crippen LogP contribution in [0, 0.1) is 0 Å². The summed E-state index contributed by atoms with van der Waals surface area (Å²) in [6, 6.07) is 6.14. The zero-order chi connectivity index (χ0) is 21.7. The van der Waals surface area contributed by atoms with E-state index in [9.17, 15) is 9.59 Å². The molecule has 31 heavy (non-hydrogen) atoms. The van der Waals surface area contributed by atoms with Crippen molar-refractivity contribution in [1.29, 1.82) is 0 Å². The van der Waals surface area contributed by atoms with Crippen LogP contribution < -0.4 is 20.1 Å². The van der Waals surface area contributed by atoms with Gasteiger partial charge in [0.15, 0.2) is 11.5 Å². The topological polar surface area (TPSA) is 79.9 Å². The minimum absolute atomic E-state index is 0.0910. The van der Waals surface area contributed by atoms with E-state index >= 15 is 0 Å². The quantitative estimate of drug-likeness (QED) is 0.697. The molecule has 7 heteroatoms. The van der Waals surface area contributed by atoms with Crippen molar-refractivity contribution in [3.05, 3.63) is 23.8 Å². The number of nitrogens with one attached hydrogen (secondary N) is 2. The smallest absolute Gasteiger partial charge is 0.234 e. The first-order valence-electron chi connectivity index (χ1n) is 11.8. The Hall–Kier alpha value is -2.28. The van der Waals surface area contributed by atoms with Crippen LogP contribution in [0.1, 0.15) is 63.9 Å². The van der Waals surface area contributed by atoms with Gasteiger partial charge in [-0.2, -0.15) is 0 Å². The molecule has 0 spiro atoms. The van der Waals surface area contributed by atoms with Gasteiger partial charge in [0.05, 0.1) is 12.0 Å². The number of fused-ring (bicyclic) bond motifs is 1. The van der Waals surface area contributed by atoms with E-state index in [1.807, 2.05) is 18.2 Å². The number of carbonyl (C=O) groups is 2. The molecule has 1 aliphatic carbocycles. The van der Waals surface area contributed by atoms with Crippen LogP contribution >= 0.6 is 0 Å². The average molecular weight is 430 g/mol. The number of likely N-dealkylation sites (tertiary alicyclic amines) is 1. The second-order valence-corrected chi connectivity index (χ2v) is 9.08. The Bertz CT molecular complexity index is 783. The highest BCUT2D eigenvalue weighted by Crippen LogP contribution is 2.43. The molecule has 2 aliphatic heterocycles. The van der Waals surface area contributed by atoms with Crippen molar-refractivity contribution in [3.8, 4) is 11.5 Å². The predicted octanol–water partition coefficient (Wildman–Crippen LogP) is 2.72. The van der Waals surface area contributed by atoms with Crippen molar-refractivity contribution in [1.82, 2.24) is 15.5 Å². The molecule has 3 aliphatic rings. The number of piperidine rings is 1. The largest absolute Gasteiger partial charge is 0.454 e. The molecule has 1 aromatic carbocycles. The SMILES string of the molecule is CCCNC(=O)CN1CCC(NC(=O)C2(c3ccc4c(c3)OCO4)CCCCC2)CC1. The van der Waals surface area contributed by atoms with Crippen molar-refractivity contribution in [3.63, 3.8) is 0 Å². The van der Waals surface area contributed by atoms with Crippen LogP contribution in [-0.4, -0.2) is 55.7 Å². The first kappa shape index (κ1) is 21.9. The molecule has 2 fully saturated rings. The van der Waals surface area contributed by atoms with Gasteiger partial charge in [-0.15, -0.1) is 0 Å². The molecule has 0 radical (unpaired) electrons. The number of ether oxygens (including phenoxy) is 2. The molecule has 1 saturated heterocycles. The van der Waals surface area contributed by atoms with Crippen LogP contribution in [0.5, 0.6) is 11.5 Å². The van der Waals surface area contributed by atoms with Crippen molar-refractivity contribution in [2.75, 3.05) is 33.0 Å². The van der Waals surface area contributed by atoms with Gasteiger partial charge < -0.3 is 20.1 Å². The molecule has 170 valence electrons. The molecule has 0 bridgehead atoms. The van der Waals surface area contributed by atoms with Gasteiger partial charge in [-0.25, -0.2) is 0 Å². The summed E-state index contributed by atoms with van der Waals surface area (Å²) in [6.07, 6.45) is 7.75. The van der Waals surface area contributed by atoms with E-state index in [0.29, 0.717) is 6.54 Å². The van der Waals surface area contributed by atoms with Gasteiger partial charge in [-0.1, -0.05) is 32.3 Å². The van der Waals surface area contributed by atoms with Gasteiger partial charge in [-0.05, 0) is 49.8 Å². The van der Waals surface area contributed by atoms with E-state index < -0.39 is 5.41 Å². The van der Waals surface area contributed by atoms with E-state index in [-0.39, 0.29) is 24.6 Å². The second kappa shape index (κ2) is 9.90. The van der Waals surface area contributed by atoms with Gasteiger partial charge >= 0.3 is 0 Å². The van der Waals surface area contributed by atoms with Crippen LogP contribution in [0.2, 0.25) is 0 Å². The third-order valence-electron chi connectivity index (χ3n) is 6.93. The molecule has 0 aromatic heterocycles. The van der Waals surface area contributed by atoms with E-state index in [0.717, 1.165) is 81.6 Å². The zero-order valence-corrected chi connectivity index (χ0v) is 18.6. The van der Waals surface area contributed by atoms with Crippen molar-refractivity contribution >= 4 is 11.8 Å². The summed E-state index contributed by atoms with van der Waals surface area (Å²) in [5, 5.41) is 6.30. The molecule has 0 atom stereocenters. The number of rotatable bonds is 7. The first-order chi connectivity index (χ1) is 15.1. The summed E-state index contributed by atoms with van der Waals surface area (Å²) in [5.41, 5.74) is 0.551. The Kier molecular flexibility index (Phi) is 7.00. The van der Waals surface area contributed by atoms with E-state index in [4.69, 9.17) is 9.47 Å². The molecule has 0 unspecified atom stereocenters. The van der Waals surface area contributed by atoms with Gasteiger partial charge in [-0.3, -0.25) is 14.5 Å². The number of benzene rings is 1. The monoisotopic (exact) mass is 429 g/mol. The Labute approximate surface area is 184 Å². The number of amides is 2. The van der Waals surface area contributed by atoms with Crippen LogP contribution in [-0.2, 0) is 15.0 Å². The third-order valence-corrected chi connectivity index (χ3v) is 6.93. The fourth-order valence-electron chi connectivity index (χ4n) is 5.08. The van der Waals surface area contributed by atoms with Gasteiger partial charge in [0.1, 0.15) is 0 Å². The van der Waals surface area contributed by atoms with Crippen molar-refractivity contribution < 1.29 is 19.1 Å². The predicted molar refractivity (Wildman–Crippen MR) is 118 cm³/mol. The highest BCUT2D eigenvalue weighted by atomic mass is 16.7. The minimum Gasteiger partial charge on any atom is -0.454 e. The molecule has 1 aromatic rings. The molecule has 4 rings (SSSR count). The van der Waals surface area contributed by atoms with Crippen LogP contribution in [0.4, 0.5) is 0 Å². The summed E-state index contributed by atoms with van der Waals surface area (Å²) in [4.78, 5) is 27.8. The van der Waals surface area contributed by atoms with Crippen LogP contribution in [0.15, 0.2) is 18.2 Å². The lowest BCUT2D eigenvalue weighted by Gasteiger charge is -2.39. The van der Waals surface area contributed by atoms with E-state index in [1.54, 1.807) is 0 Å². The fraction of sp³-hybridized carbons (Fsp3) is 0.667. The lowest BCUT2D eigenvalue weighted by atomic mass is 9.68. The zero-order valence-electron chi connectivity index (χ0n) is 18.6. The maximum Gasteiger partial charge on any atom is 0.234 e. The Morgan fingerprint density at radius 2 is 1.84 bits per heavy atom. The maximum atomic E-state index is 13.6. The number of hydrogen-bond acceptors (Lipinski definition) is 5. The lowest BCUT2D eigenvalue weighted by Crippen LogP contribution is -2.52. The number of nitrogens with zero attached hydrogens (tertiary/aromatic N) is 1. The summed E-state index contributed by atoms with van der Waals surface area (Å²) in [7, 11) is 0. The Morgan fingerprint density at radius 1 is 1.10 bits per heavy atom. The summed E-state index contributed by atoms with van der Waals surface area (Å²) in [6.45, 7) is 5.14. The molecule has 2 amide bonds. The minimum atomic E-state index is -0.490. The summed E-state index contributed by atoms with van der Waals surface area (Å²) >= 11 is 0. The number of hydrogen-bond donors (Lipinski definition) is 2. The molecule has 7 nitrogen and oxygen atoms in total. The normalized spacial score (nSPS) is 20.9. The summed E-state index contributed by atoms with van der Waals surface area (Å²) in [5.74, 6) is 1.73. The maximum absolute atomic E-state index is 13.6.